The van der Waals surface area contributed by atoms with Crippen LogP contribution >= 0.6 is 0 Å². The second-order valence-corrected chi connectivity index (χ2v) is 6.97. The lowest BCUT2D eigenvalue weighted by Crippen LogP contribution is -2.33. The largest absolute Gasteiger partial charge is 0.378 e. The van der Waals surface area contributed by atoms with Crippen LogP contribution < -0.4 is 5.32 Å². The molecule has 2 aliphatic carbocycles. The van der Waals surface area contributed by atoms with E-state index in [0.29, 0.717) is 11.5 Å². The van der Waals surface area contributed by atoms with E-state index < -0.39 is 0 Å². The molecule has 2 heteroatoms. The van der Waals surface area contributed by atoms with E-state index >= 15 is 0 Å². The molecule has 0 amide bonds. The van der Waals surface area contributed by atoms with Gasteiger partial charge in [0.25, 0.3) is 0 Å². The van der Waals surface area contributed by atoms with Gasteiger partial charge in [0, 0.05) is 13.2 Å². The summed E-state index contributed by atoms with van der Waals surface area (Å²) in [5, 5.41) is 3.62. The van der Waals surface area contributed by atoms with Gasteiger partial charge in [-0.25, -0.2) is 0 Å². The van der Waals surface area contributed by atoms with Crippen molar-refractivity contribution in [1.82, 2.24) is 5.32 Å². The van der Waals surface area contributed by atoms with Gasteiger partial charge in [-0.15, -0.1) is 0 Å². The third kappa shape index (κ3) is 2.91. The Kier molecular flexibility index (Phi) is 3.95. The van der Waals surface area contributed by atoms with E-state index in [1.807, 2.05) is 0 Å². The Hall–Kier alpha value is -0.0800. The fourth-order valence-electron chi connectivity index (χ4n) is 4.41. The topological polar surface area (TPSA) is 21.3 Å². The molecule has 3 aliphatic rings. The molecule has 1 aliphatic heterocycles. The summed E-state index contributed by atoms with van der Waals surface area (Å²) < 4.78 is 5.75. The summed E-state index contributed by atoms with van der Waals surface area (Å²) in [7, 11) is 0. The van der Waals surface area contributed by atoms with Crippen molar-refractivity contribution in [2.75, 3.05) is 19.7 Å². The van der Waals surface area contributed by atoms with Crippen molar-refractivity contribution in [1.29, 1.82) is 0 Å². The van der Waals surface area contributed by atoms with Gasteiger partial charge in [-0.1, -0.05) is 13.3 Å². The molecule has 0 aromatic carbocycles. The highest BCUT2D eigenvalue weighted by molar-refractivity contribution is 5.04. The van der Waals surface area contributed by atoms with Crippen molar-refractivity contribution in [3.63, 3.8) is 0 Å². The van der Waals surface area contributed by atoms with E-state index in [1.54, 1.807) is 6.42 Å². The summed E-state index contributed by atoms with van der Waals surface area (Å²) in [6.45, 7) is 5.64. The molecule has 3 fully saturated rings. The zero-order chi connectivity index (χ0) is 12.4. The maximum Gasteiger partial charge on any atom is 0.0576 e. The molecule has 1 saturated heterocycles. The predicted molar refractivity (Wildman–Crippen MR) is 74.6 cm³/mol. The van der Waals surface area contributed by atoms with E-state index in [9.17, 15) is 0 Å². The van der Waals surface area contributed by atoms with Crippen molar-refractivity contribution in [2.45, 2.75) is 64.4 Å². The Morgan fingerprint density at radius 3 is 2.78 bits per heavy atom. The Labute approximate surface area is 112 Å². The molecule has 18 heavy (non-hydrogen) atoms. The molecule has 3 atom stereocenters. The van der Waals surface area contributed by atoms with Crippen molar-refractivity contribution >= 4 is 0 Å². The van der Waals surface area contributed by atoms with Gasteiger partial charge in [-0.2, -0.15) is 0 Å². The molecule has 0 bridgehead atoms. The van der Waals surface area contributed by atoms with E-state index in [0.717, 1.165) is 25.0 Å². The monoisotopic (exact) mass is 251 g/mol. The minimum Gasteiger partial charge on any atom is -0.378 e. The van der Waals surface area contributed by atoms with Crippen LogP contribution in [0.2, 0.25) is 0 Å². The molecule has 2 nitrogen and oxygen atoms in total. The average Bonchev–Trinajstić information content (AvgIpc) is 2.83. The summed E-state index contributed by atoms with van der Waals surface area (Å²) in [5.74, 6) is 2.21. The highest BCUT2D eigenvalue weighted by Crippen LogP contribution is 2.61. The zero-order valence-electron chi connectivity index (χ0n) is 11.9. The first kappa shape index (κ1) is 12.9. The van der Waals surface area contributed by atoms with Crippen LogP contribution in [0.3, 0.4) is 0 Å². The quantitative estimate of drug-likeness (QED) is 0.749. The molecule has 3 rings (SSSR count). The van der Waals surface area contributed by atoms with Gasteiger partial charge in [0.2, 0.25) is 0 Å². The maximum absolute atomic E-state index is 5.75. The average molecular weight is 251 g/mol. The van der Waals surface area contributed by atoms with Crippen LogP contribution in [-0.2, 0) is 4.74 Å². The van der Waals surface area contributed by atoms with Crippen LogP contribution in [0, 0.1) is 17.3 Å². The highest BCUT2D eigenvalue weighted by Gasteiger charge is 2.52. The van der Waals surface area contributed by atoms with Gasteiger partial charge < -0.3 is 10.1 Å². The van der Waals surface area contributed by atoms with E-state index in [2.05, 4.69) is 12.2 Å². The van der Waals surface area contributed by atoms with Gasteiger partial charge in [0.1, 0.15) is 0 Å². The minimum atomic E-state index is 0.595. The number of hydrogen-bond donors (Lipinski definition) is 1. The number of rotatable bonds is 7. The molecule has 104 valence electrons. The molecule has 3 unspecified atom stereocenters. The minimum absolute atomic E-state index is 0.595. The molecule has 0 aromatic heterocycles. The number of ether oxygens (including phenoxy) is 1. The number of fused-ring (bicyclic) bond motifs is 1. The lowest BCUT2D eigenvalue weighted by atomic mass is 9.78. The normalized spacial score (nSPS) is 42.2. The molecule has 0 spiro atoms. The van der Waals surface area contributed by atoms with Crippen LogP contribution in [0.4, 0.5) is 0 Å². The van der Waals surface area contributed by atoms with Gasteiger partial charge in [0.05, 0.1) is 6.10 Å². The summed E-state index contributed by atoms with van der Waals surface area (Å²) in [4.78, 5) is 0. The van der Waals surface area contributed by atoms with Crippen molar-refractivity contribution in [3.8, 4) is 0 Å². The van der Waals surface area contributed by atoms with Crippen LogP contribution in [0.15, 0.2) is 0 Å². The van der Waals surface area contributed by atoms with Crippen LogP contribution in [-0.4, -0.2) is 25.8 Å². The molecular weight excluding hydrogens is 222 g/mol. The molecular formula is C16H29NO. The summed E-state index contributed by atoms with van der Waals surface area (Å²) >= 11 is 0. The Bertz CT molecular complexity index is 262. The third-order valence-electron chi connectivity index (χ3n) is 5.47. The van der Waals surface area contributed by atoms with Gasteiger partial charge in [0.15, 0.2) is 0 Å². The second kappa shape index (κ2) is 5.50. The lowest BCUT2D eigenvalue weighted by molar-refractivity contribution is 0.0963. The van der Waals surface area contributed by atoms with Gasteiger partial charge in [-0.3, -0.25) is 0 Å². The Balaban J connectivity index is 1.44. The molecule has 1 heterocycles. The van der Waals surface area contributed by atoms with Crippen molar-refractivity contribution < 1.29 is 4.74 Å². The first-order valence-corrected chi connectivity index (χ1v) is 8.14. The third-order valence-corrected chi connectivity index (χ3v) is 5.47. The van der Waals surface area contributed by atoms with E-state index in [1.165, 1.54) is 51.5 Å². The standard InChI is InChI=1S/C16H29NO/c1-2-17-12-16(10-13-9-14(13)11-16)7-3-5-15-6-4-8-18-15/h13-15,17H,2-12H2,1H3. The molecule has 1 N–H and O–H groups in total. The Morgan fingerprint density at radius 2 is 2.11 bits per heavy atom. The van der Waals surface area contributed by atoms with Crippen molar-refractivity contribution in [2.24, 2.45) is 17.3 Å². The summed E-state index contributed by atoms with van der Waals surface area (Å²) in [6.07, 6.45) is 11.9. The Morgan fingerprint density at radius 1 is 1.28 bits per heavy atom. The van der Waals surface area contributed by atoms with Gasteiger partial charge in [-0.05, 0) is 68.7 Å². The fourth-order valence-corrected chi connectivity index (χ4v) is 4.41. The molecule has 0 aromatic rings. The van der Waals surface area contributed by atoms with Crippen molar-refractivity contribution in [3.05, 3.63) is 0 Å². The summed E-state index contributed by atoms with van der Waals surface area (Å²) in [6, 6.07) is 0. The first-order chi connectivity index (χ1) is 8.81. The first-order valence-electron chi connectivity index (χ1n) is 8.14. The zero-order valence-corrected chi connectivity index (χ0v) is 11.9. The smallest absolute Gasteiger partial charge is 0.0576 e. The SMILES string of the molecule is CCNCC1(CCCC2CCCO2)CC2CC2C1. The molecule has 0 radical (unpaired) electrons. The predicted octanol–water partition coefficient (Wildman–Crippen LogP) is 3.36. The van der Waals surface area contributed by atoms with E-state index in [4.69, 9.17) is 4.74 Å². The van der Waals surface area contributed by atoms with Crippen LogP contribution in [0.5, 0.6) is 0 Å². The van der Waals surface area contributed by atoms with Crippen LogP contribution in [0.1, 0.15) is 58.3 Å². The molecule has 2 saturated carbocycles. The number of nitrogens with one attached hydrogen (secondary N) is 1. The van der Waals surface area contributed by atoms with Gasteiger partial charge >= 0.3 is 0 Å². The van der Waals surface area contributed by atoms with Crippen LogP contribution in [0.25, 0.3) is 0 Å². The highest BCUT2D eigenvalue weighted by atomic mass is 16.5. The maximum atomic E-state index is 5.75. The lowest BCUT2D eigenvalue weighted by Gasteiger charge is -2.31. The summed E-state index contributed by atoms with van der Waals surface area (Å²) in [5.41, 5.74) is 0.655. The van der Waals surface area contributed by atoms with E-state index in [-0.39, 0.29) is 0 Å². The fraction of sp³-hybridized carbons (Fsp3) is 1.00. The second-order valence-electron chi connectivity index (χ2n) is 6.97. The number of hydrogen-bond acceptors (Lipinski definition) is 2.